The second-order valence-corrected chi connectivity index (χ2v) is 6.73. The molecule has 1 aliphatic rings. The van der Waals surface area contributed by atoms with Gasteiger partial charge in [0.1, 0.15) is 5.69 Å². The number of hydrogen-bond donors (Lipinski definition) is 1. The van der Waals surface area contributed by atoms with E-state index in [0.29, 0.717) is 29.4 Å². The van der Waals surface area contributed by atoms with Crippen LogP contribution in [0.25, 0.3) is 0 Å². The second kappa shape index (κ2) is 6.77. The lowest BCUT2D eigenvalue weighted by molar-refractivity contribution is 0.0632. The molecule has 0 bridgehead atoms. The van der Waals surface area contributed by atoms with Crippen molar-refractivity contribution in [2.24, 2.45) is 5.92 Å². The van der Waals surface area contributed by atoms with E-state index < -0.39 is 0 Å². The number of likely N-dealkylation sites (tertiary alicyclic amines) is 1. The summed E-state index contributed by atoms with van der Waals surface area (Å²) in [6, 6.07) is 5.31. The molecule has 2 aromatic rings. The number of carbonyl (C=O) groups excluding carboxylic acids is 2. The van der Waals surface area contributed by atoms with Crippen LogP contribution < -0.4 is 0 Å². The number of amides is 1. The van der Waals surface area contributed by atoms with Crippen LogP contribution in [0.5, 0.6) is 0 Å². The minimum atomic E-state index is -0.179. The zero-order valence-corrected chi connectivity index (χ0v) is 14.6. The number of ketones is 1. The molecule has 24 heavy (non-hydrogen) atoms. The monoisotopic (exact) mass is 345 g/mol. The number of imidazole rings is 1. The summed E-state index contributed by atoms with van der Waals surface area (Å²) in [4.78, 5) is 34.2. The van der Waals surface area contributed by atoms with E-state index in [2.05, 4.69) is 9.97 Å². The summed E-state index contributed by atoms with van der Waals surface area (Å²) in [7, 11) is 0. The standard InChI is InChI=1S/C18H20ClN3O2/c1-11-8-14(19)5-6-15(11)17(23)13-4-3-7-22(9-13)18(24)16-12(2)20-10-21-16/h5-6,8,10,13H,3-4,7,9H2,1-2H3,(H,20,21). The molecule has 1 aromatic heterocycles. The molecule has 1 amide bonds. The molecule has 1 aromatic carbocycles. The van der Waals surface area contributed by atoms with Crippen molar-refractivity contribution in [3.8, 4) is 0 Å². The first-order chi connectivity index (χ1) is 11.5. The fraction of sp³-hybridized carbons (Fsp3) is 0.389. The molecule has 1 unspecified atom stereocenters. The van der Waals surface area contributed by atoms with Gasteiger partial charge >= 0.3 is 0 Å². The number of benzene rings is 1. The molecule has 3 rings (SSSR count). The number of nitrogens with zero attached hydrogens (tertiary/aromatic N) is 2. The fourth-order valence-electron chi connectivity index (χ4n) is 3.22. The maximum absolute atomic E-state index is 12.9. The van der Waals surface area contributed by atoms with Crippen molar-refractivity contribution in [3.05, 3.63) is 52.1 Å². The molecule has 1 saturated heterocycles. The zero-order valence-electron chi connectivity index (χ0n) is 13.8. The Morgan fingerprint density at radius 3 is 2.79 bits per heavy atom. The molecule has 0 spiro atoms. The normalized spacial score (nSPS) is 17.8. The molecule has 5 nitrogen and oxygen atoms in total. The first kappa shape index (κ1) is 16.7. The third-order valence-electron chi connectivity index (χ3n) is 4.57. The van der Waals surface area contributed by atoms with Gasteiger partial charge in [-0.1, -0.05) is 11.6 Å². The van der Waals surface area contributed by atoms with E-state index in [0.717, 1.165) is 24.1 Å². The van der Waals surface area contributed by atoms with Gasteiger partial charge in [-0.05, 0) is 50.5 Å². The van der Waals surface area contributed by atoms with Gasteiger partial charge in [-0.3, -0.25) is 9.59 Å². The SMILES string of the molecule is Cc1cc(Cl)ccc1C(=O)C1CCCN(C(=O)c2nc[nH]c2C)C1. The summed E-state index contributed by atoms with van der Waals surface area (Å²) < 4.78 is 0. The van der Waals surface area contributed by atoms with E-state index >= 15 is 0 Å². The van der Waals surface area contributed by atoms with Crippen LogP contribution in [0.4, 0.5) is 0 Å². The van der Waals surface area contributed by atoms with Gasteiger partial charge < -0.3 is 9.88 Å². The number of rotatable bonds is 3. The number of aromatic nitrogens is 2. The van der Waals surface area contributed by atoms with Crippen LogP contribution in [0, 0.1) is 19.8 Å². The summed E-state index contributed by atoms with van der Waals surface area (Å²) in [5.41, 5.74) is 2.75. The summed E-state index contributed by atoms with van der Waals surface area (Å²) in [5.74, 6) is -0.207. The average molecular weight is 346 g/mol. The van der Waals surface area contributed by atoms with Gasteiger partial charge in [0.2, 0.25) is 0 Å². The van der Waals surface area contributed by atoms with Gasteiger partial charge in [-0.25, -0.2) is 4.98 Å². The fourth-order valence-corrected chi connectivity index (χ4v) is 3.45. The Kier molecular flexibility index (Phi) is 4.71. The number of aromatic amines is 1. The Morgan fingerprint density at radius 2 is 2.12 bits per heavy atom. The van der Waals surface area contributed by atoms with Crippen molar-refractivity contribution in [1.82, 2.24) is 14.9 Å². The average Bonchev–Trinajstić information content (AvgIpc) is 3.00. The first-order valence-electron chi connectivity index (χ1n) is 8.07. The number of Topliss-reactive ketones (excluding diaryl/α,β-unsaturated/α-hetero) is 1. The van der Waals surface area contributed by atoms with Crippen molar-refractivity contribution in [2.45, 2.75) is 26.7 Å². The predicted molar refractivity (Wildman–Crippen MR) is 92.5 cm³/mol. The van der Waals surface area contributed by atoms with Crippen LogP contribution in [0.15, 0.2) is 24.5 Å². The Balaban J connectivity index is 1.77. The summed E-state index contributed by atoms with van der Waals surface area (Å²) in [5, 5.41) is 0.624. The molecule has 6 heteroatoms. The van der Waals surface area contributed by atoms with E-state index in [1.807, 2.05) is 13.8 Å². The van der Waals surface area contributed by atoms with E-state index in [1.165, 1.54) is 6.33 Å². The van der Waals surface area contributed by atoms with Crippen LogP contribution in [-0.2, 0) is 0 Å². The van der Waals surface area contributed by atoms with E-state index in [1.54, 1.807) is 23.1 Å². The lowest BCUT2D eigenvalue weighted by Crippen LogP contribution is -2.42. The number of H-pyrrole nitrogens is 1. The van der Waals surface area contributed by atoms with Gasteiger partial charge in [-0.2, -0.15) is 0 Å². The number of halogens is 1. The Labute approximate surface area is 146 Å². The Morgan fingerprint density at radius 1 is 1.33 bits per heavy atom. The lowest BCUT2D eigenvalue weighted by Gasteiger charge is -2.32. The number of aryl methyl sites for hydroxylation is 2. The molecule has 1 fully saturated rings. The quantitative estimate of drug-likeness (QED) is 0.867. The van der Waals surface area contributed by atoms with E-state index in [9.17, 15) is 9.59 Å². The van der Waals surface area contributed by atoms with Crippen LogP contribution in [0.1, 0.15) is 44.9 Å². The molecule has 2 heterocycles. The topological polar surface area (TPSA) is 66.1 Å². The maximum Gasteiger partial charge on any atom is 0.274 e. The van der Waals surface area contributed by atoms with Crippen LogP contribution in [0.2, 0.25) is 5.02 Å². The minimum absolute atomic E-state index is 0.0837. The van der Waals surface area contributed by atoms with Crippen LogP contribution in [-0.4, -0.2) is 39.6 Å². The molecule has 1 N–H and O–H groups in total. The molecular formula is C18H20ClN3O2. The summed E-state index contributed by atoms with van der Waals surface area (Å²) in [6.07, 6.45) is 3.13. The number of nitrogens with one attached hydrogen (secondary N) is 1. The molecule has 0 aliphatic carbocycles. The lowest BCUT2D eigenvalue weighted by atomic mass is 9.88. The van der Waals surface area contributed by atoms with Gasteiger partial charge in [0.25, 0.3) is 5.91 Å². The van der Waals surface area contributed by atoms with E-state index in [-0.39, 0.29) is 17.6 Å². The number of hydrogen-bond acceptors (Lipinski definition) is 3. The van der Waals surface area contributed by atoms with Crippen LogP contribution >= 0.6 is 11.6 Å². The highest BCUT2D eigenvalue weighted by Gasteiger charge is 2.31. The van der Waals surface area contributed by atoms with Crippen molar-refractivity contribution in [2.75, 3.05) is 13.1 Å². The highest BCUT2D eigenvalue weighted by atomic mass is 35.5. The Hall–Kier alpha value is -2.14. The molecular weight excluding hydrogens is 326 g/mol. The molecule has 0 saturated carbocycles. The third-order valence-corrected chi connectivity index (χ3v) is 4.80. The van der Waals surface area contributed by atoms with Gasteiger partial charge in [0.15, 0.2) is 5.78 Å². The molecule has 1 atom stereocenters. The summed E-state index contributed by atoms with van der Waals surface area (Å²) >= 11 is 5.97. The predicted octanol–water partition coefficient (Wildman–Crippen LogP) is 3.42. The first-order valence-corrected chi connectivity index (χ1v) is 8.44. The van der Waals surface area contributed by atoms with Crippen molar-refractivity contribution >= 4 is 23.3 Å². The molecule has 1 aliphatic heterocycles. The van der Waals surface area contributed by atoms with Crippen molar-refractivity contribution in [3.63, 3.8) is 0 Å². The highest BCUT2D eigenvalue weighted by Crippen LogP contribution is 2.25. The number of carbonyl (C=O) groups is 2. The minimum Gasteiger partial charge on any atom is -0.348 e. The number of piperidine rings is 1. The van der Waals surface area contributed by atoms with Gasteiger partial charge in [0, 0.05) is 35.3 Å². The highest BCUT2D eigenvalue weighted by molar-refractivity contribution is 6.30. The Bertz CT molecular complexity index is 784. The van der Waals surface area contributed by atoms with Gasteiger partial charge in [0.05, 0.1) is 6.33 Å². The van der Waals surface area contributed by atoms with Crippen molar-refractivity contribution in [1.29, 1.82) is 0 Å². The third kappa shape index (κ3) is 3.22. The molecule has 0 radical (unpaired) electrons. The van der Waals surface area contributed by atoms with Crippen LogP contribution in [0.3, 0.4) is 0 Å². The van der Waals surface area contributed by atoms with Crippen molar-refractivity contribution < 1.29 is 9.59 Å². The zero-order chi connectivity index (χ0) is 17.3. The smallest absolute Gasteiger partial charge is 0.274 e. The van der Waals surface area contributed by atoms with Gasteiger partial charge in [-0.15, -0.1) is 0 Å². The second-order valence-electron chi connectivity index (χ2n) is 6.29. The molecule has 126 valence electrons. The summed E-state index contributed by atoms with van der Waals surface area (Å²) in [6.45, 7) is 4.81. The largest absolute Gasteiger partial charge is 0.348 e. The maximum atomic E-state index is 12.9. The van der Waals surface area contributed by atoms with E-state index in [4.69, 9.17) is 11.6 Å².